The average Bonchev–Trinajstić information content (AvgIpc) is 2.90. The molecule has 0 saturated carbocycles. The van der Waals surface area contributed by atoms with E-state index in [1.165, 1.54) is 25.7 Å². The lowest BCUT2D eigenvalue weighted by atomic mass is 10.1. The van der Waals surface area contributed by atoms with Crippen molar-refractivity contribution in [3.8, 4) is 5.75 Å². The van der Waals surface area contributed by atoms with Crippen LogP contribution in [0.4, 0.5) is 17.1 Å². The molecule has 0 aliphatic rings. The zero-order valence-corrected chi connectivity index (χ0v) is 21.6. The van der Waals surface area contributed by atoms with Gasteiger partial charge in [0.05, 0.1) is 23.7 Å². The summed E-state index contributed by atoms with van der Waals surface area (Å²) in [5.74, 6) is 0.906. The quantitative estimate of drug-likeness (QED) is 0.109. The van der Waals surface area contributed by atoms with Crippen molar-refractivity contribution in [3.05, 3.63) is 95.0 Å². The van der Waals surface area contributed by atoms with E-state index in [4.69, 9.17) is 9.73 Å². The van der Waals surface area contributed by atoms with Crippen LogP contribution in [-0.4, -0.2) is 12.8 Å². The van der Waals surface area contributed by atoms with Gasteiger partial charge in [0.2, 0.25) is 0 Å². The molecule has 4 nitrogen and oxygen atoms in total. The highest BCUT2D eigenvalue weighted by Crippen LogP contribution is 2.34. The normalized spacial score (nSPS) is 11.6. The summed E-state index contributed by atoms with van der Waals surface area (Å²) in [6, 6.07) is 28.0. The van der Waals surface area contributed by atoms with Crippen molar-refractivity contribution in [1.29, 1.82) is 0 Å². The van der Waals surface area contributed by atoms with Crippen molar-refractivity contribution in [2.75, 3.05) is 6.61 Å². The largest absolute Gasteiger partial charge is 0.494 e. The number of nitrogens with zero attached hydrogens (tertiary/aromatic N) is 3. The summed E-state index contributed by atoms with van der Waals surface area (Å²) in [7, 11) is 0. The molecule has 0 unspecified atom stereocenters. The van der Waals surface area contributed by atoms with Crippen LogP contribution in [0.25, 0.3) is 10.8 Å². The Kier molecular flexibility index (Phi) is 9.18. The first-order chi connectivity index (χ1) is 17.2. The number of rotatable bonds is 11. The molecule has 0 amide bonds. The Morgan fingerprint density at radius 2 is 1.40 bits per heavy atom. The van der Waals surface area contributed by atoms with Crippen LogP contribution in [0, 0.1) is 0 Å². The molecule has 178 valence electrons. The van der Waals surface area contributed by atoms with Crippen LogP contribution in [0.2, 0.25) is 0 Å². The van der Waals surface area contributed by atoms with E-state index < -0.39 is 0 Å². The number of hydrogen-bond donors (Lipinski definition) is 0. The van der Waals surface area contributed by atoms with Crippen molar-refractivity contribution >= 4 is 50.0 Å². The Morgan fingerprint density at radius 3 is 2.14 bits per heavy atom. The van der Waals surface area contributed by atoms with Crippen LogP contribution >= 0.6 is 15.9 Å². The fraction of sp³-hybridized carbons (Fsp3) is 0.233. The molecular weight excluding hydrogens is 498 g/mol. The van der Waals surface area contributed by atoms with Crippen molar-refractivity contribution in [2.45, 2.75) is 39.0 Å². The minimum atomic E-state index is 0.772. The van der Waals surface area contributed by atoms with Crippen LogP contribution in [0.15, 0.2) is 105 Å². The van der Waals surface area contributed by atoms with Crippen molar-refractivity contribution in [2.24, 2.45) is 15.2 Å². The fourth-order valence-electron chi connectivity index (χ4n) is 3.78. The molecule has 0 N–H and O–H groups in total. The van der Waals surface area contributed by atoms with Gasteiger partial charge in [-0.3, -0.25) is 4.99 Å². The van der Waals surface area contributed by atoms with Gasteiger partial charge in [-0.1, -0.05) is 72.8 Å². The van der Waals surface area contributed by atoms with Gasteiger partial charge in [-0.25, -0.2) is 0 Å². The molecule has 0 aliphatic heterocycles. The Hall–Kier alpha value is -3.31. The van der Waals surface area contributed by atoms with E-state index >= 15 is 0 Å². The van der Waals surface area contributed by atoms with Gasteiger partial charge < -0.3 is 4.74 Å². The highest BCUT2D eigenvalue weighted by Gasteiger charge is 2.05. The number of ether oxygens (including phenoxy) is 1. The third kappa shape index (κ3) is 7.33. The fourth-order valence-corrected chi connectivity index (χ4v) is 4.04. The lowest BCUT2D eigenvalue weighted by Crippen LogP contribution is -1.97. The van der Waals surface area contributed by atoms with E-state index in [2.05, 4.69) is 45.2 Å². The predicted octanol–water partition coefficient (Wildman–Crippen LogP) is 10.1. The topological polar surface area (TPSA) is 46.3 Å². The molecule has 0 bridgehead atoms. The van der Waals surface area contributed by atoms with E-state index in [0.29, 0.717) is 0 Å². The van der Waals surface area contributed by atoms with E-state index in [9.17, 15) is 0 Å². The van der Waals surface area contributed by atoms with Crippen LogP contribution in [0.1, 0.15) is 44.6 Å². The minimum Gasteiger partial charge on any atom is -0.494 e. The number of unbranched alkanes of at least 4 members (excludes halogenated alkanes) is 4. The van der Waals surface area contributed by atoms with E-state index in [0.717, 1.165) is 56.6 Å². The summed E-state index contributed by atoms with van der Waals surface area (Å²) in [5.41, 5.74) is 3.56. The Bertz CT molecular complexity index is 1280. The SMILES string of the molecule is CCCCCCCOc1ccc(C=Nc2ccc(N=Nc3ccc(Br)cc3)c3ccccc23)cc1. The molecule has 35 heavy (non-hydrogen) atoms. The molecule has 5 heteroatoms. The zero-order chi connectivity index (χ0) is 24.3. The summed E-state index contributed by atoms with van der Waals surface area (Å²) in [4.78, 5) is 4.76. The Balaban J connectivity index is 1.43. The van der Waals surface area contributed by atoms with Crippen molar-refractivity contribution in [3.63, 3.8) is 0 Å². The van der Waals surface area contributed by atoms with Crippen LogP contribution < -0.4 is 4.74 Å². The first-order valence-corrected chi connectivity index (χ1v) is 13.0. The molecule has 0 heterocycles. The lowest BCUT2D eigenvalue weighted by molar-refractivity contribution is 0.304. The predicted molar refractivity (Wildman–Crippen MR) is 150 cm³/mol. The monoisotopic (exact) mass is 527 g/mol. The standard InChI is InChI=1S/C30H30BrN3O/c1-2-3-4-5-8-21-35-26-17-11-23(12-18-26)22-32-29-19-20-30(28-10-7-6-9-27(28)29)34-33-25-15-13-24(31)14-16-25/h6-7,9-20,22H,2-5,8,21H2,1H3. The molecule has 0 saturated heterocycles. The molecule has 4 aromatic rings. The number of fused-ring (bicyclic) bond motifs is 1. The van der Waals surface area contributed by atoms with Gasteiger partial charge in [-0.05, 0) is 72.6 Å². The lowest BCUT2D eigenvalue weighted by Gasteiger charge is -2.06. The van der Waals surface area contributed by atoms with Gasteiger partial charge in [0.1, 0.15) is 5.75 Å². The molecule has 0 spiro atoms. The second-order valence-electron chi connectivity index (χ2n) is 8.42. The number of azo groups is 1. The first-order valence-electron chi connectivity index (χ1n) is 12.2. The summed E-state index contributed by atoms with van der Waals surface area (Å²) >= 11 is 3.44. The highest BCUT2D eigenvalue weighted by atomic mass is 79.9. The van der Waals surface area contributed by atoms with Crippen LogP contribution in [0.3, 0.4) is 0 Å². The highest BCUT2D eigenvalue weighted by molar-refractivity contribution is 9.10. The summed E-state index contributed by atoms with van der Waals surface area (Å²) in [6.07, 6.45) is 8.09. The third-order valence-electron chi connectivity index (χ3n) is 5.73. The second kappa shape index (κ2) is 13.0. The van der Waals surface area contributed by atoms with Crippen LogP contribution in [-0.2, 0) is 0 Å². The number of hydrogen-bond acceptors (Lipinski definition) is 4. The van der Waals surface area contributed by atoms with Crippen molar-refractivity contribution < 1.29 is 4.74 Å². The van der Waals surface area contributed by atoms with Crippen molar-refractivity contribution in [1.82, 2.24) is 0 Å². The number of halogens is 1. The maximum atomic E-state index is 5.87. The second-order valence-corrected chi connectivity index (χ2v) is 9.33. The van der Waals surface area contributed by atoms with Gasteiger partial charge in [0.15, 0.2) is 0 Å². The molecular formula is C30H30BrN3O. The van der Waals surface area contributed by atoms with Gasteiger partial charge in [-0.2, -0.15) is 5.11 Å². The van der Waals surface area contributed by atoms with Gasteiger partial charge in [0.25, 0.3) is 0 Å². The maximum Gasteiger partial charge on any atom is 0.119 e. The van der Waals surface area contributed by atoms with Crippen LogP contribution in [0.5, 0.6) is 5.75 Å². The summed E-state index contributed by atoms with van der Waals surface area (Å²) in [6.45, 7) is 3.01. The molecule has 4 rings (SSSR count). The van der Waals surface area contributed by atoms with Gasteiger partial charge >= 0.3 is 0 Å². The molecule has 0 radical (unpaired) electrons. The smallest absolute Gasteiger partial charge is 0.119 e. The number of benzene rings is 4. The van der Waals surface area contributed by atoms with Gasteiger partial charge in [0, 0.05) is 21.5 Å². The zero-order valence-electron chi connectivity index (χ0n) is 20.0. The van der Waals surface area contributed by atoms with E-state index in [1.54, 1.807) is 0 Å². The summed E-state index contributed by atoms with van der Waals surface area (Å²) < 4.78 is 6.89. The first kappa shape index (κ1) is 24.8. The minimum absolute atomic E-state index is 0.772. The number of aliphatic imine (C=N–C) groups is 1. The van der Waals surface area contributed by atoms with E-state index in [1.807, 2.05) is 79.0 Å². The third-order valence-corrected chi connectivity index (χ3v) is 6.26. The Morgan fingerprint density at radius 1 is 0.714 bits per heavy atom. The molecule has 0 aromatic heterocycles. The molecule has 0 aliphatic carbocycles. The molecule has 4 aromatic carbocycles. The van der Waals surface area contributed by atoms with E-state index in [-0.39, 0.29) is 0 Å². The summed E-state index contributed by atoms with van der Waals surface area (Å²) in [5, 5.41) is 10.9. The van der Waals surface area contributed by atoms with Gasteiger partial charge in [-0.15, -0.1) is 5.11 Å². The molecule has 0 atom stereocenters. The average molecular weight is 528 g/mol. The maximum absolute atomic E-state index is 5.87. The Labute approximate surface area is 215 Å². The molecule has 0 fully saturated rings.